The Morgan fingerprint density at radius 2 is 2.04 bits per heavy atom. The molecule has 0 aliphatic heterocycles. The number of halogens is 1. The molecule has 5 heteroatoms. The zero-order chi connectivity index (χ0) is 17.1. The van der Waals surface area contributed by atoms with Crippen molar-refractivity contribution in [2.24, 2.45) is 17.6 Å². The van der Waals surface area contributed by atoms with E-state index in [1.807, 2.05) is 18.2 Å². The van der Waals surface area contributed by atoms with Gasteiger partial charge in [0.15, 0.2) is 0 Å². The van der Waals surface area contributed by atoms with Gasteiger partial charge in [-0.1, -0.05) is 12.5 Å². The molecule has 2 unspecified atom stereocenters. The van der Waals surface area contributed by atoms with Crippen LogP contribution in [-0.4, -0.2) is 25.1 Å². The number of fused-ring (bicyclic) bond motifs is 2. The minimum Gasteiger partial charge on any atom is -0.496 e. The maximum Gasteiger partial charge on any atom is 0.220 e. The molecule has 3 rings (SSSR count). The minimum atomic E-state index is 0.166. The monoisotopic (exact) mass is 394 g/mol. The van der Waals surface area contributed by atoms with Gasteiger partial charge in [0.1, 0.15) is 5.75 Å². The van der Waals surface area contributed by atoms with Crippen LogP contribution in [0.5, 0.6) is 5.75 Å². The number of benzene rings is 1. The van der Waals surface area contributed by atoms with Gasteiger partial charge in [0.25, 0.3) is 0 Å². The molecular weight excluding hydrogens is 368 g/mol. The van der Waals surface area contributed by atoms with E-state index in [0.29, 0.717) is 30.3 Å². The van der Waals surface area contributed by atoms with Crippen LogP contribution in [-0.2, 0) is 11.2 Å². The maximum absolute atomic E-state index is 12.4. The fraction of sp³-hybridized carbons (Fsp3) is 0.632. The molecule has 1 aromatic carbocycles. The van der Waals surface area contributed by atoms with Crippen molar-refractivity contribution in [1.82, 2.24) is 5.32 Å². The third kappa shape index (κ3) is 4.12. The second kappa shape index (κ2) is 7.87. The van der Waals surface area contributed by atoms with Gasteiger partial charge in [-0.15, -0.1) is 0 Å². The molecule has 132 valence electrons. The largest absolute Gasteiger partial charge is 0.496 e. The second-order valence-electron chi connectivity index (χ2n) is 7.24. The van der Waals surface area contributed by atoms with Crippen LogP contribution >= 0.6 is 15.9 Å². The molecule has 2 saturated carbocycles. The highest BCUT2D eigenvalue weighted by Crippen LogP contribution is 2.39. The van der Waals surface area contributed by atoms with Gasteiger partial charge in [-0.05, 0) is 77.6 Å². The van der Waals surface area contributed by atoms with Crippen molar-refractivity contribution < 1.29 is 9.53 Å². The lowest BCUT2D eigenvalue weighted by Crippen LogP contribution is -2.53. The van der Waals surface area contributed by atoms with Crippen LogP contribution in [0.1, 0.15) is 44.1 Å². The highest BCUT2D eigenvalue weighted by atomic mass is 79.9. The molecule has 4 nitrogen and oxygen atoms in total. The molecule has 0 radical (unpaired) electrons. The Kier molecular flexibility index (Phi) is 5.82. The zero-order valence-corrected chi connectivity index (χ0v) is 15.8. The molecule has 1 amide bonds. The molecule has 0 heterocycles. The van der Waals surface area contributed by atoms with Crippen LogP contribution in [0.25, 0.3) is 0 Å². The molecule has 0 spiro atoms. The Morgan fingerprint density at radius 3 is 2.67 bits per heavy atom. The van der Waals surface area contributed by atoms with Gasteiger partial charge in [0.2, 0.25) is 5.91 Å². The smallest absolute Gasteiger partial charge is 0.220 e. The summed E-state index contributed by atoms with van der Waals surface area (Å²) in [5.41, 5.74) is 7.31. The average Bonchev–Trinajstić information content (AvgIpc) is 2.54. The highest BCUT2D eigenvalue weighted by molar-refractivity contribution is 9.10. The molecule has 2 aliphatic carbocycles. The van der Waals surface area contributed by atoms with Gasteiger partial charge < -0.3 is 15.8 Å². The fourth-order valence-corrected chi connectivity index (χ4v) is 4.99. The fourth-order valence-electron chi connectivity index (χ4n) is 4.41. The van der Waals surface area contributed by atoms with Crippen molar-refractivity contribution in [1.29, 1.82) is 0 Å². The van der Waals surface area contributed by atoms with Gasteiger partial charge in [-0.2, -0.15) is 0 Å². The first-order valence-corrected chi connectivity index (χ1v) is 9.73. The van der Waals surface area contributed by atoms with Crippen LogP contribution < -0.4 is 15.8 Å². The number of carbonyl (C=O) groups is 1. The minimum absolute atomic E-state index is 0.166. The van der Waals surface area contributed by atoms with Crippen LogP contribution in [0.2, 0.25) is 0 Å². The lowest BCUT2D eigenvalue weighted by molar-refractivity contribution is -0.123. The number of nitrogens with two attached hydrogens (primary N) is 1. The summed E-state index contributed by atoms with van der Waals surface area (Å²) in [4.78, 5) is 12.4. The molecule has 2 bridgehead atoms. The number of hydrogen-bond donors (Lipinski definition) is 2. The molecule has 1 aromatic rings. The van der Waals surface area contributed by atoms with Crippen molar-refractivity contribution in [2.75, 3.05) is 7.11 Å². The van der Waals surface area contributed by atoms with Crippen LogP contribution in [0.3, 0.4) is 0 Å². The SMILES string of the molecule is COc1ccc(CCC(=O)NC2C3CCCC2CC(N)C3)cc1Br. The first-order valence-electron chi connectivity index (χ1n) is 8.94. The lowest BCUT2D eigenvalue weighted by atomic mass is 9.67. The summed E-state index contributed by atoms with van der Waals surface area (Å²) >= 11 is 3.49. The Labute approximate surface area is 152 Å². The first kappa shape index (κ1) is 17.7. The van der Waals surface area contributed by atoms with Gasteiger partial charge in [-0.3, -0.25) is 4.79 Å². The third-order valence-electron chi connectivity index (χ3n) is 5.56. The summed E-state index contributed by atoms with van der Waals surface area (Å²) in [5, 5.41) is 3.32. The molecule has 0 saturated heterocycles. The summed E-state index contributed by atoms with van der Waals surface area (Å²) in [6.45, 7) is 0. The van der Waals surface area contributed by atoms with Crippen molar-refractivity contribution in [3.05, 3.63) is 28.2 Å². The predicted octanol–water partition coefficient (Wildman–Crippen LogP) is 3.41. The topological polar surface area (TPSA) is 64.3 Å². The Balaban J connectivity index is 1.53. The van der Waals surface area contributed by atoms with E-state index in [2.05, 4.69) is 21.2 Å². The average molecular weight is 395 g/mol. The zero-order valence-electron chi connectivity index (χ0n) is 14.3. The highest BCUT2D eigenvalue weighted by Gasteiger charge is 2.39. The number of amides is 1. The number of nitrogens with one attached hydrogen (secondary N) is 1. The summed E-state index contributed by atoms with van der Waals surface area (Å²) in [6, 6.07) is 6.65. The number of hydrogen-bond acceptors (Lipinski definition) is 3. The van der Waals surface area contributed by atoms with E-state index in [-0.39, 0.29) is 5.91 Å². The Morgan fingerprint density at radius 1 is 1.33 bits per heavy atom. The van der Waals surface area contributed by atoms with E-state index >= 15 is 0 Å². The number of rotatable bonds is 5. The predicted molar refractivity (Wildman–Crippen MR) is 99.0 cm³/mol. The summed E-state index contributed by atoms with van der Waals surface area (Å²) in [7, 11) is 1.65. The second-order valence-corrected chi connectivity index (χ2v) is 8.10. The van der Waals surface area contributed by atoms with Gasteiger partial charge >= 0.3 is 0 Å². The number of carbonyl (C=O) groups excluding carboxylic acids is 1. The van der Waals surface area contributed by atoms with Crippen molar-refractivity contribution >= 4 is 21.8 Å². The number of methoxy groups -OCH3 is 1. The number of ether oxygens (including phenoxy) is 1. The van der Waals surface area contributed by atoms with Crippen LogP contribution in [0, 0.1) is 11.8 Å². The van der Waals surface area contributed by atoms with E-state index in [1.54, 1.807) is 7.11 Å². The van der Waals surface area contributed by atoms with Crippen molar-refractivity contribution in [3.8, 4) is 5.75 Å². The quantitative estimate of drug-likeness (QED) is 0.803. The summed E-state index contributed by atoms with van der Waals surface area (Å²) in [5.74, 6) is 2.13. The van der Waals surface area contributed by atoms with Crippen molar-refractivity contribution in [3.63, 3.8) is 0 Å². The van der Waals surface area contributed by atoms with Gasteiger partial charge in [0.05, 0.1) is 11.6 Å². The molecule has 3 N–H and O–H groups in total. The lowest BCUT2D eigenvalue weighted by Gasteiger charge is -2.45. The standard InChI is InChI=1S/C19H27BrN2O2/c1-24-17-7-5-12(9-16(17)20)6-8-18(23)22-19-13-3-2-4-14(19)11-15(21)10-13/h5,7,9,13-15,19H,2-4,6,8,10-11,21H2,1H3,(H,22,23). The molecular formula is C19H27BrN2O2. The molecule has 2 fully saturated rings. The van der Waals surface area contributed by atoms with Gasteiger partial charge in [-0.25, -0.2) is 0 Å². The maximum atomic E-state index is 12.4. The van der Waals surface area contributed by atoms with E-state index in [4.69, 9.17) is 10.5 Å². The van der Waals surface area contributed by atoms with Crippen molar-refractivity contribution in [2.45, 2.75) is 57.0 Å². The van der Waals surface area contributed by atoms with E-state index in [9.17, 15) is 4.79 Å². The Bertz CT molecular complexity index is 579. The van der Waals surface area contributed by atoms with E-state index in [0.717, 1.165) is 35.0 Å². The molecule has 24 heavy (non-hydrogen) atoms. The van der Waals surface area contributed by atoms with E-state index < -0.39 is 0 Å². The van der Waals surface area contributed by atoms with Crippen LogP contribution in [0.4, 0.5) is 0 Å². The first-order chi connectivity index (χ1) is 11.6. The molecule has 2 atom stereocenters. The normalized spacial score (nSPS) is 29.1. The van der Waals surface area contributed by atoms with Gasteiger partial charge in [0, 0.05) is 18.5 Å². The van der Waals surface area contributed by atoms with Crippen LogP contribution in [0.15, 0.2) is 22.7 Å². The summed E-state index contributed by atoms with van der Waals surface area (Å²) in [6.07, 6.45) is 7.10. The third-order valence-corrected chi connectivity index (χ3v) is 6.18. The molecule has 2 aliphatic rings. The Hall–Kier alpha value is -1.07. The summed E-state index contributed by atoms with van der Waals surface area (Å²) < 4.78 is 6.17. The molecule has 0 aromatic heterocycles. The number of aryl methyl sites for hydroxylation is 1. The van der Waals surface area contributed by atoms with E-state index in [1.165, 1.54) is 19.3 Å².